The molecule has 3 rings (SSSR count). The van der Waals surface area contributed by atoms with Gasteiger partial charge in [-0.2, -0.15) is 0 Å². The molecule has 170 valence electrons. The number of rotatable bonds is 10. The monoisotopic (exact) mass is 504 g/mol. The Morgan fingerprint density at radius 3 is 2.81 bits per heavy atom. The molecule has 1 aromatic heterocycles. The van der Waals surface area contributed by atoms with Crippen molar-refractivity contribution in [3.63, 3.8) is 0 Å². The number of carbonyl (C=O) groups is 1. The van der Waals surface area contributed by atoms with E-state index < -0.39 is 0 Å². The average Bonchev–Trinajstić information content (AvgIpc) is 2.96. The minimum absolute atomic E-state index is 0.0462. The van der Waals surface area contributed by atoms with Gasteiger partial charge in [-0.25, -0.2) is 14.4 Å². The summed E-state index contributed by atoms with van der Waals surface area (Å²) < 4.78 is 26.7. The van der Waals surface area contributed by atoms with Crippen molar-refractivity contribution in [2.45, 2.75) is 32.1 Å². The zero-order valence-corrected chi connectivity index (χ0v) is 19.7. The Morgan fingerprint density at radius 1 is 1.19 bits per heavy atom. The van der Waals surface area contributed by atoms with E-state index in [4.69, 9.17) is 9.47 Å². The summed E-state index contributed by atoms with van der Waals surface area (Å²) in [5, 5.41) is 6.36. The number of benzene rings is 1. The molecule has 0 saturated heterocycles. The van der Waals surface area contributed by atoms with Crippen molar-refractivity contribution in [3.8, 4) is 11.5 Å². The van der Waals surface area contributed by atoms with Crippen LogP contribution in [0.4, 0.5) is 10.2 Å². The first kappa shape index (κ1) is 23.7. The first-order valence-corrected chi connectivity index (χ1v) is 11.2. The molecular formula is C23H26BrFN4O3. The average molecular weight is 505 g/mol. The van der Waals surface area contributed by atoms with E-state index in [-0.39, 0.29) is 11.7 Å². The highest BCUT2D eigenvalue weighted by Gasteiger charge is 2.14. The van der Waals surface area contributed by atoms with E-state index in [2.05, 4.69) is 36.5 Å². The fourth-order valence-electron chi connectivity index (χ4n) is 3.15. The van der Waals surface area contributed by atoms with E-state index in [1.807, 2.05) is 0 Å². The van der Waals surface area contributed by atoms with Gasteiger partial charge in [0, 0.05) is 31.3 Å². The second kappa shape index (κ2) is 11.6. The first-order valence-electron chi connectivity index (χ1n) is 10.4. The number of hydrogen-bond donors (Lipinski definition) is 2. The molecular weight excluding hydrogens is 479 g/mol. The Kier molecular flexibility index (Phi) is 8.61. The van der Waals surface area contributed by atoms with Crippen molar-refractivity contribution in [1.82, 2.24) is 15.3 Å². The summed E-state index contributed by atoms with van der Waals surface area (Å²) in [4.78, 5) is 19.9. The summed E-state index contributed by atoms with van der Waals surface area (Å²) in [6.07, 6.45) is 9.90. The quantitative estimate of drug-likeness (QED) is 0.435. The number of nitrogens with one attached hydrogen (secondary N) is 2. The van der Waals surface area contributed by atoms with Gasteiger partial charge >= 0.3 is 0 Å². The number of unbranched alkanes of at least 4 members (excludes halogenated alkanes) is 2. The second-order valence-electron chi connectivity index (χ2n) is 7.15. The fourth-order valence-corrected chi connectivity index (χ4v) is 3.45. The lowest BCUT2D eigenvalue weighted by atomic mass is 10.2. The number of aromatic nitrogens is 2. The molecule has 1 aliphatic rings. The predicted molar refractivity (Wildman–Crippen MR) is 127 cm³/mol. The van der Waals surface area contributed by atoms with E-state index in [0.717, 1.165) is 23.7 Å². The molecule has 1 heterocycles. The minimum Gasteiger partial charge on any atom is -0.493 e. The SMILES string of the molecule is CNC(=O)CCCCCOc1cc2ncnc(NC3=CC=C(Br)CC=C3F)c2cc1OC. The van der Waals surface area contributed by atoms with Gasteiger partial charge in [-0.3, -0.25) is 4.79 Å². The standard InChI is InChI=1S/C23H26BrFN4O3/c1-26-22(30)6-4-3-5-11-32-21-13-19-16(12-20(21)31-2)23(28-14-27-19)29-18-10-8-15(24)7-9-17(18)25/h8-10,12-14H,3-7,11H2,1-2H3,(H,26,30)(H,27,28,29). The number of allylic oxidation sites excluding steroid dienone is 5. The van der Waals surface area contributed by atoms with Crippen LogP contribution in [0.25, 0.3) is 10.9 Å². The minimum atomic E-state index is -0.356. The summed E-state index contributed by atoms with van der Waals surface area (Å²) in [6, 6.07) is 3.57. The van der Waals surface area contributed by atoms with E-state index in [0.29, 0.717) is 53.4 Å². The number of methoxy groups -OCH3 is 1. The maximum absolute atomic E-state index is 14.4. The Bertz CT molecular complexity index is 1070. The summed E-state index contributed by atoms with van der Waals surface area (Å²) in [5.41, 5.74) is 0.962. The summed E-state index contributed by atoms with van der Waals surface area (Å²) >= 11 is 3.39. The van der Waals surface area contributed by atoms with Crippen molar-refractivity contribution in [2.24, 2.45) is 0 Å². The number of nitrogens with zero attached hydrogens (tertiary/aromatic N) is 2. The van der Waals surface area contributed by atoms with Crippen LogP contribution in [0.2, 0.25) is 0 Å². The van der Waals surface area contributed by atoms with Crippen LogP contribution < -0.4 is 20.1 Å². The van der Waals surface area contributed by atoms with Gasteiger partial charge < -0.3 is 20.1 Å². The van der Waals surface area contributed by atoms with Gasteiger partial charge in [-0.05, 0) is 48.0 Å². The van der Waals surface area contributed by atoms with Crippen LogP contribution in [-0.4, -0.2) is 36.6 Å². The van der Waals surface area contributed by atoms with Gasteiger partial charge in [-0.15, -0.1) is 0 Å². The molecule has 2 aromatic rings. The molecule has 0 spiro atoms. The number of amides is 1. The molecule has 1 aliphatic carbocycles. The molecule has 32 heavy (non-hydrogen) atoms. The van der Waals surface area contributed by atoms with Gasteiger partial charge in [0.15, 0.2) is 11.5 Å². The molecule has 0 fully saturated rings. The molecule has 0 unspecified atom stereocenters. The normalized spacial score (nSPS) is 13.6. The van der Waals surface area contributed by atoms with Crippen LogP contribution in [0.15, 0.2) is 52.7 Å². The summed E-state index contributed by atoms with van der Waals surface area (Å²) in [5.74, 6) is 1.27. The molecule has 1 aromatic carbocycles. The second-order valence-corrected chi connectivity index (χ2v) is 8.17. The number of anilines is 1. The van der Waals surface area contributed by atoms with Crippen molar-refractivity contribution >= 4 is 38.6 Å². The zero-order chi connectivity index (χ0) is 22.9. The third-order valence-corrected chi connectivity index (χ3v) is 5.51. The molecule has 9 heteroatoms. The number of ether oxygens (including phenoxy) is 2. The van der Waals surface area contributed by atoms with Crippen LogP contribution in [0, 0.1) is 0 Å². The molecule has 7 nitrogen and oxygen atoms in total. The summed E-state index contributed by atoms with van der Waals surface area (Å²) in [6.45, 7) is 0.496. The molecule has 1 amide bonds. The Hall–Kier alpha value is -2.94. The van der Waals surface area contributed by atoms with Crippen LogP contribution >= 0.6 is 15.9 Å². The highest BCUT2D eigenvalue weighted by molar-refractivity contribution is 9.11. The maximum atomic E-state index is 14.4. The van der Waals surface area contributed by atoms with Gasteiger partial charge in [0.25, 0.3) is 0 Å². The van der Waals surface area contributed by atoms with Crippen molar-refractivity contribution < 1.29 is 18.7 Å². The number of fused-ring (bicyclic) bond motifs is 1. The number of halogens is 2. The molecule has 0 saturated carbocycles. The smallest absolute Gasteiger partial charge is 0.219 e. The number of hydrogen-bond acceptors (Lipinski definition) is 6. The topological polar surface area (TPSA) is 85.4 Å². The number of carbonyl (C=O) groups excluding carboxylic acids is 1. The van der Waals surface area contributed by atoms with Crippen LogP contribution in [0.1, 0.15) is 32.1 Å². The molecule has 0 atom stereocenters. The van der Waals surface area contributed by atoms with E-state index in [9.17, 15) is 9.18 Å². The Morgan fingerprint density at radius 2 is 2.03 bits per heavy atom. The van der Waals surface area contributed by atoms with E-state index in [1.165, 1.54) is 12.4 Å². The lowest BCUT2D eigenvalue weighted by Crippen LogP contribution is -2.16. The lowest BCUT2D eigenvalue weighted by Gasteiger charge is -2.14. The Labute approximate surface area is 194 Å². The van der Waals surface area contributed by atoms with Crippen LogP contribution in [0.3, 0.4) is 0 Å². The highest BCUT2D eigenvalue weighted by Crippen LogP contribution is 2.35. The van der Waals surface area contributed by atoms with Crippen molar-refractivity contribution in [3.05, 3.63) is 52.7 Å². The molecule has 2 N–H and O–H groups in total. The summed E-state index contributed by atoms with van der Waals surface area (Å²) in [7, 11) is 3.20. The highest BCUT2D eigenvalue weighted by atomic mass is 79.9. The van der Waals surface area contributed by atoms with Gasteiger partial charge in [0.2, 0.25) is 5.91 Å². The third kappa shape index (κ3) is 6.29. The third-order valence-electron chi connectivity index (χ3n) is 4.92. The molecule has 0 bridgehead atoms. The largest absolute Gasteiger partial charge is 0.493 e. The van der Waals surface area contributed by atoms with Gasteiger partial charge in [-0.1, -0.05) is 15.9 Å². The first-order chi connectivity index (χ1) is 15.5. The zero-order valence-electron chi connectivity index (χ0n) is 18.1. The lowest BCUT2D eigenvalue weighted by molar-refractivity contribution is -0.120. The molecule has 0 aliphatic heterocycles. The van der Waals surface area contributed by atoms with Gasteiger partial charge in [0.05, 0.1) is 24.9 Å². The van der Waals surface area contributed by atoms with Crippen LogP contribution in [0.5, 0.6) is 11.5 Å². The fraction of sp³-hybridized carbons (Fsp3) is 0.348. The van der Waals surface area contributed by atoms with E-state index >= 15 is 0 Å². The molecule has 0 radical (unpaired) electrons. The predicted octanol–water partition coefficient (Wildman–Crippen LogP) is 5.16. The Balaban J connectivity index is 1.73. The van der Waals surface area contributed by atoms with Gasteiger partial charge in [0.1, 0.15) is 18.0 Å². The van der Waals surface area contributed by atoms with E-state index in [1.54, 1.807) is 38.4 Å². The van der Waals surface area contributed by atoms with Crippen molar-refractivity contribution in [2.75, 3.05) is 26.1 Å². The van der Waals surface area contributed by atoms with Crippen LogP contribution in [-0.2, 0) is 4.79 Å². The van der Waals surface area contributed by atoms with Crippen molar-refractivity contribution in [1.29, 1.82) is 0 Å². The maximum Gasteiger partial charge on any atom is 0.219 e.